The minimum Gasteiger partial charge on any atom is -0.479 e. The molecule has 65 heavy (non-hydrogen) atoms. The summed E-state index contributed by atoms with van der Waals surface area (Å²) in [6.45, 7) is 5.57. The average molecular weight is 911 g/mol. The molecular formula is C53H82O12. The molecule has 3 N–H and O–H groups in total. The lowest BCUT2D eigenvalue weighted by atomic mass is 9.98. The Bertz CT molecular complexity index is 1510. The van der Waals surface area contributed by atoms with E-state index >= 15 is 0 Å². The van der Waals surface area contributed by atoms with Crippen LogP contribution in [0, 0.1) is 0 Å². The molecule has 1 aliphatic heterocycles. The monoisotopic (exact) mass is 911 g/mol. The zero-order valence-corrected chi connectivity index (χ0v) is 39.7. The van der Waals surface area contributed by atoms with Gasteiger partial charge in [0, 0.05) is 19.3 Å². The summed E-state index contributed by atoms with van der Waals surface area (Å²) in [5, 5.41) is 31.2. The second-order valence-corrected chi connectivity index (χ2v) is 16.0. The van der Waals surface area contributed by atoms with E-state index in [4.69, 9.17) is 23.7 Å². The van der Waals surface area contributed by atoms with E-state index in [9.17, 15) is 34.5 Å². The molecule has 1 saturated heterocycles. The van der Waals surface area contributed by atoms with Crippen molar-refractivity contribution in [2.45, 2.75) is 199 Å². The molecule has 0 radical (unpaired) electrons. The van der Waals surface area contributed by atoms with Crippen LogP contribution in [0.25, 0.3) is 0 Å². The third-order valence-electron chi connectivity index (χ3n) is 10.2. The van der Waals surface area contributed by atoms with Crippen molar-refractivity contribution in [2.24, 2.45) is 0 Å². The molecule has 12 nitrogen and oxygen atoms in total. The Balaban J connectivity index is 2.84. The molecular weight excluding hydrogens is 829 g/mol. The van der Waals surface area contributed by atoms with Crippen LogP contribution >= 0.6 is 0 Å². The van der Waals surface area contributed by atoms with Crippen LogP contribution in [0.1, 0.15) is 162 Å². The molecule has 0 amide bonds. The van der Waals surface area contributed by atoms with Gasteiger partial charge in [0.1, 0.15) is 18.8 Å². The Morgan fingerprint density at radius 2 is 0.969 bits per heavy atom. The van der Waals surface area contributed by atoms with Gasteiger partial charge in [-0.15, -0.1) is 0 Å². The van der Waals surface area contributed by atoms with Crippen molar-refractivity contribution >= 4 is 23.9 Å². The number of carboxylic acid groups (broad SMARTS) is 1. The summed E-state index contributed by atoms with van der Waals surface area (Å²) in [7, 11) is 0. The van der Waals surface area contributed by atoms with Crippen LogP contribution < -0.4 is 0 Å². The second-order valence-electron chi connectivity index (χ2n) is 16.0. The van der Waals surface area contributed by atoms with Gasteiger partial charge in [0.2, 0.25) is 0 Å². The fourth-order valence-electron chi connectivity index (χ4n) is 6.51. The number of allylic oxidation sites excluding steroid dienone is 16. The van der Waals surface area contributed by atoms with E-state index in [2.05, 4.69) is 87.6 Å². The maximum Gasteiger partial charge on any atom is 0.335 e. The van der Waals surface area contributed by atoms with Gasteiger partial charge in [0.25, 0.3) is 0 Å². The van der Waals surface area contributed by atoms with Gasteiger partial charge in [-0.2, -0.15) is 0 Å². The zero-order chi connectivity index (χ0) is 47.6. The van der Waals surface area contributed by atoms with Gasteiger partial charge in [0.15, 0.2) is 24.6 Å². The number of carbonyl (C=O) groups excluding carboxylic acids is 3. The largest absolute Gasteiger partial charge is 0.479 e. The van der Waals surface area contributed by atoms with Crippen LogP contribution in [0.5, 0.6) is 0 Å². The molecule has 0 aromatic heterocycles. The maximum absolute atomic E-state index is 13.0. The highest BCUT2D eigenvalue weighted by Gasteiger charge is 2.50. The van der Waals surface area contributed by atoms with Gasteiger partial charge < -0.3 is 39.0 Å². The molecule has 1 aliphatic rings. The first-order valence-corrected chi connectivity index (χ1v) is 24.2. The Hall–Kier alpha value is -4.36. The first-order chi connectivity index (χ1) is 31.6. The second kappa shape index (κ2) is 41.1. The number of ether oxygens (including phenoxy) is 5. The molecule has 0 bridgehead atoms. The Morgan fingerprint density at radius 3 is 1.45 bits per heavy atom. The Morgan fingerprint density at radius 1 is 0.523 bits per heavy atom. The van der Waals surface area contributed by atoms with E-state index in [1.54, 1.807) is 0 Å². The Labute approximate surface area is 390 Å². The summed E-state index contributed by atoms with van der Waals surface area (Å²) >= 11 is 0. The predicted molar refractivity (Wildman–Crippen MR) is 257 cm³/mol. The molecule has 0 spiro atoms. The summed E-state index contributed by atoms with van der Waals surface area (Å²) in [6.07, 6.45) is 40.2. The van der Waals surface area contributed by atoms with Gasteiger partial charge in [-0.1, -0.05) is 169 Å². The molecule has 0 aromatic carbocycles. The van der Waals surface area contributed by atoms with Crippen LogP contribution in [0.15, 0.2) is 97.2 Å². The van der Waals surface area contributed by atoms with Crippen LogP contribution in [0.3, 0.4) is 0 Å². The number of hydrogen-bond acceptors (Lipinski definition) is 11. The Kier molecular flexibility index (Phi) is 37.1. The normalized spacial score (nSPS) is 19.9. The third kappa shape index (κ3) is 32.0. The number of esters is 3. The summed E-state index contributed by atoms with van der Waals surface area (Å²) < 4.78 is 28.0. The highest BCUT2D eigenvalue weighted by Crippen LogP contribution is 2.26. The average Bonchev–Trinajstić information content (AvgIpc) is 3.29. The van der Waals surface area contributed by atoms with Gasteiger partial charge in [-0.25, -0.2) is 4.79 Å². The fourth-order valence-corrected chi connectivity index (χ4v) is 6.51. The lowest BCUT2D eigenvalue weighted by Gasteiger charge is -2.40. The summed E-state index contributed by atoms with van der Waals surface area (Å²) in [5.41, 5.74) is 0. The number of aliphatic hydroxyl groups is 2. The lowest BCUT2D eigenvalue weighted by molar-refractivity contribution is -0.301. The lowest BCUT2D eigenvalue weighted by Crippen LogP contribution is -2.61. The number of aliphatic hydroxyl groups excluding tert-OH is 2. The van der Waals surface area contributed by atoms with E-state index < -0.39 is 67.3 Å². The number of hydrogen-bond donors (Lipinski definition) is 3. The van der Waals surface area contributed by atoms with E-state index in [1.807, 2.05) is 30.4 Å². The van der Waals surface area contributed by atoms with Crippen LogP contribution in [-0.2, 0) is 42.9 Å². The van der Waals surface area contributed by atoms with Crippen molar-refractivity contribution in [1.82, 2.24) is 0 Å². The molecule has 0 saturated carbocycles. The van der Waals surface area contributed by atoms with Crippen molar-refractivity contribution in [3.63, 3.8) is 0 Å². The van der Waals surface area contributed by atoms with Gasteiger partial charge in [-0.3, -0.25) is 14.4 Å². The highest BCUT2D eigenvalue weighted by atomic mass is 16.7. The highest BCUT2D eigenvalue weighted by molar-refractivity contribution is 5.74. The van der Waals surface area contributed by atoms with Crippen molar-refractivity contribution in [1.29, 1.82) is 0 Å². The molecule has 1 fully saturated rings. The third-order valence-corrected chi connectivity index (χ3v) is 10.2. The number of aliphatic carboxylic acids is 1. The van der Waals surface area contributed by atoms with Crippen molar-refractivity contribution in [2.75, 3.05) is 13.2 Å². The maximum atomic E-state index is 13.0. The first kappa shape index (κ1) is 58.7. The van der Waals surface area contributed by atoms with Gasteiger partial charge >= 0.3 is 23.9 Å². The van der Waals surface area contributed by atoms with Crippen LogP contribution in [0.2, 0.25) is 0 Å². The van der Waals surface area contributed by atoms with E-state index in [-0.39, 0.29) is 25.9 Å². The van der Waals surface area contributed by atoms with Crippen molar-refractivity contribution in [3.8, 4) is 0 Å². The fraction of sp³-hybridized carbons (Fsp3) is 0.623. The SMILES string of the molecule is CC/C=C\C/C=C\C/C=C\C/C=C\CCC(=O)OCC(COC1OC(C(=O)O)C(O)C(O)C1OC(=O)CC/C=C\C/C=C\C/C=C\C/C=C\CC)OC(=O)CCCCCCCCCCC. The van der Waals surface area contributed by atoms with E-state index in [1.165, 1.54) is 25.7 Å². The first-order valence-electron chi connectivity index (χ1n) is 24.2. The smallest absolute Gasteiger partial charge is 0.335 e. The number of carboxylic acids is 1. The number of rotatable bonds is 38. The standard InChI is InChI=1S/C53H82O12/c1-4-7-10-13-16-19-21-23-25-28-30-33-36-39-45(54)61-42-44(63-46(55)40-37-34-31-27-18-15-12-9-6-3)43-62-53-51(49(58)48(57)50(65-53)52(59)60)64-47(56)41-38-35-32-29-26-24-22-20-17-14-11-8-5-2/h7-8,10-11,16-17,19-20,23-26,30,32-33,35,44,48-51,53,57-58H,4-6,9,12-15,18,21-22,27-29,31,34,36-43H2,1-3H3,(H,59,60)/b10-7-,11-8-,19-16-,20-17-,25-23-,26-24-,33-30-,35-32-. The van der Waals surface area contributed by atoms with Crippen LogP contribution in [-0.4, -0.2) is 89.2 Å². The quantitative estimate of drug-likeness (QED) is 0.0232. The van der Waals surface area contributed by atoms with Gasteiger partial charge in [0.05, 0.1) is 6.61 Å². The minimum absolute atomic E-state index is 0.0708. The molecule has 6 unspecified atom stereocenters. The summed E-state index contributed by atoms with van der Waals surface area (Å²) in [6, 6.07) is 0. The van der Waals surface area contributed by atoms with Crippen LogP contribution in [0.4, 0.5) is 0 Å². The van der Waals surface area contributed by atoms with Gasteiger partial charge in [-0.05, 0) is 70.6 Å². The predicted octanol–water partition coefficient (Wildman–Crippen LogP) is 11.0. The van der Waals surface area contributed by atoms with E-state index in [0.29, 0.717) is 25.7 Å². The van der Waals surface area contributed by atoms with E-state index in [0.717, 1.165) is 70.6 Å². The molecule has 1 rings (SSSR count). The summed E-state index contributed by atoms with van der Waals surface area (Å²) in [5.74, 6) is -3.35. The van der Waals surface area contributed by atoms with Crippen molar-refractivity contribution < 1.29 is 58.2 Å². The molecule has 6 atom stereocenters. The molecule has 0 aliphatic carbocycles. The molecule has 0 aromatic rings. The minimum atomic E-state index is -1.93. The number of unbranched alkanes of at least 4 members (excludes halogenated alkanes) is 8. The summed E-state index contributed by atoms with van der Waals surface area (Å²) in [4.78, 5) is 50.5. The molecule has 1 heterocycles. The zero-order valence-electron chi connectivity index (χ0n) is 39.7. The van der Waals surface area contributed by atoms with Crippen molar-refractivity contribution in [3.05, 3.63) is 97.2 Å². The molecule has 12 heteroatoms. The topological polar surface area (TPSA) is 175 Å². The molecule has 366 valence electrons. The number of carbonyl (C=O) groups is 4.